The van der Waals surface area contributed by atoms with Crippen LogP contribution < -0.4 is 5.32 Å². The van der Waals surface area contributed by atoms with E-state index in [2.05, 4.69) is 21.5 Å². The van der Waals surface area contributed by atoms with Gasteiger partial charge in [-0.05, 0) is 25.8 Å². The number of phosphoric ester groups is 1. The Morgan fingerprint density at radius 2 is 1.40 bits per heavy atom. The van der Waals surface area contributed by atoms with Gasteiger partial charge in [-0.25, -0.2) is 4.57 Å². The van der Waals surface area contributed by atoms with Gasteiger partial charge in [0.15, 0.2) is 0 Å². The molecule has 0 rings (SSSR count). The fourth-order valence-electron chi connectivity index (χ4n) is 3.77. The molecule has 0 bridgehead atoms. The molecule has 3 N–H and O–H groups in total. The maximum Gasteiger partial charge on any atom is 0.469 e. The van der Waals surface area contributed by atoms with Crippen molar-refractivity contribution in [2.75, 3.05) is 26.3 Å². The van der Waals surface area contributed by atoms with Crippen molar-refractivity contribution in [3.8, 4) is 0 Å². The maximum absolute atomic E-state index is 12.2. The van der Waals surface area contributed by atoms with Gasteiger partial charge >= 0.3 is 13.8 Å². The van der Waals surface area contributed by atoms with E-state index in [1.165, 1.54) is 51.4 Å². The smallest absolute Gasteiger partial charge is 0.468 e. The van der Waals surface area contributed by atoms with Gasteiger partial charge in [0.05, 0.1) is 13.2 Å². The monoisotopic (exact) mass is 523 g/mol. The molecule has 0 aliphatic rings. The lowest BCUT2D eigenvalue weighted by Gasteiger charge is -2.19. The second-order valence-electron chi connectivity index (χ2n) is 9.12. The third-order valence-corrected chi connectivity index (χ3v) is 6.25. The normalized spacial score (nSPS) is 12.4. The molecule has 9 nitrogen and oxygen atoms in total. The van der Waals surface area contributed by atoms with Gasteiger partial charge in [0.2, 0.25) is 0 Å². The largest absolute Gasteiger partial charge is 0.469 e. The summed E-state index contributed by atoms with van der Waals surface area (Å²) >= 11 is 0. The predicted octanol–water partition coefficient (Wildman–Crippen LogP) is 5.42. The molecule has 0 saturated carbocycles. The van der Waals surface area contributed by atoms with E-state index in [1.807, 2.05) is 0 Å². The molecule has 0 aliphatic carbocycles. The number of carbonyl (C=O) groups is 2. The van der Waals surface area contributed by atoms with Crippen LogP contribution in [0.25, 0.3) is 0 Å². The highest BCUT2D eigenvalue weighted by atomic mass is 31.2. The van der Waals surface area contributed by atoms with Crippen molar-refractivity contribution in [1.29, 1.82) is 0 Å². The zero-order valence-corrected chi connectivity index (χ0v) is 22.7. The SMILES string of the molecule is CCCCCCCCCCCCCC(=O)O[C@@H](CNCCCCCCCOC=O)COP(=O)(O)O. The lowest BCUT2D eigenvalue weighted by Crippen LogP contribution is -2.35. The average molecular weight is 524 g/mol. The van der Waals surface area contributed by atoms with Crippen LogP contribution >= 0.6 is 7.82 Å². The second-order valence-corrected chi connectivity index (χ2v) is 10.4. The standard InChI is InChI=1S/C25H50NO8P/c1-2-3-4-5-6-7-8-9-10-12-15-18-25(28)34-24(22-33-35(29,30)31)21-26-19-16-13-11-14-17-20-32-23-27/h23-24,26H,2-22H2,1H3,(H2,29,30,31)/t24-/m0/s1. The number of unbranched alkanes of at least 4 members (excludes halogenated alkanes) is 14. The third-order valence-electron chi connectivity index (χ3n) is 5.77. The molecule has 0 saturated heterocycles. The first-order chi connectivity index (χ1) is 16.9. The van der Waals surface area contributed by atoms with E-state index in [9.17, 15) is 14.2 Å². The first kappa shape index (κ1) is 34.0. The molecule has 0 aliphatic heterocycles. The van der Waals surface area contributed by atoms with E-state index in [0.29, 0.717) is 26.0 Å². The topological polar surface area (TPSA) is 131 Å². The number of nitrogens with one attached hydrogen (secondary N) is 1. The van der Waals surface area contributed by atoms with Crippen molar-refractivity contribution in [3.05, 3.63) is 0 Å². The molecule has 0 unspecified atom stereocenters. The van der Waals surface area contributed by atoms with Crippen LogP contribution in [0, 0.1) is 0 Å². The summed E-state index contributed by atoms with van der Waals surface area (Å²) in [6, 6.07) is 0. The van der Waals surface area contributed by atoms with Gasteiger partial charge < -0.3 is 24.6 Å². The highest BCUT2D eigenvalue weighted by Gasteiger charge is 2.21. The third kappa shape index (κ3) is 27.4. The van der Waals surface area contributed by atoms with Gasteiger partial charge in [0.1, 0.15) is 6.10 Å². The molecule has 0 fully saturated rings. The van der Waals surface area contributed by atoms with Crippen LogP contribution in [0.1, 0.15) is 116 Å². The summed E-state index contributed by atoms with van der Waals surface area (Å²) in [6.45, 7) is 3.77. The number of rotatable bonds is 27. The molecule has 208 valence electrons. The van der Waals surface area contributed by atoms with E-state index in [-0.39, 0.29) is 19.1 Å². The van der Waals surface area contributed by atoms with Crippen LogP contribution in [0.15, 0.2) is 0 Å². The van der Waals surface area contributed by atoms with Gasteiger partial charge in [-0.3, -0.25) is 14.1 Å². The van der Waals surface area contributed by atoms with Crippen molar-refractivity contribution in [2.45, 2.75) is 122 Å². The molecule has 0 aromatic rings. The van der Waals surface area contributed by atoms with Crippen LogP contribution in [0.4, 0.5) is 0 Å². The fraction of sp³-hybridized carbons (Fsp3) is 0.920. The number of ether oxygens (including phenoxy) is 2. The zero-order valence-electron chi connectivity index (χ0n) is 21.8. The van der Waals surface area contributed by atoms with Crippen LogP contribution in [0.3, 0.4) is 0 Å². The average Bonchev–Trinajstić information content (AvgIpc) is 2.81. The minimum Gasteiger partial charge on any atom is -0.468 e. The Bertz CT molecular complexity index is 544. The molecule has 10 heteroatoms. The predicted molar refractivity (Wildman–Crippen MR) is 137 cm³/mol. The highest BCUT2D eigenvalue weighted by molar-refractivity contribution is 7.46. The summed E-state index contributed by atoms with van der Waals surface area (Å²) in [6.07, 6.45) is 17.5. The summed E-state index contributed by atoms with van der Waals surface area (Å²) < 4.78 is 25.6. The van der Waals surface area contributed by atoms with Crippen molar-refractivity contribution in [2.24, 2.45) is 0 Å². The number of phosphoric acid groups is 1. The van der Waals surface area contributed by atoms with E-state index in [1.54, 1.807) is 0 Å². The Labute approximate surface area is 212 Å². The van der Waals surface area contributed by atoms with Crippen molar-refractivity contribution in [1.82, 2.24) is 5.32 Å². The Kier molecular flexibility index (Phi) is 24.0. The van der Waals surface area contributed by atoms with Gasteiger partial charge in [-0.15, -0.1) is 0 Å². The molecular formula is C25H50NO8P. The number of hydrogen-bond donors (Lipinski definition) is 3. The van der Waals surface area contributed by atoms with E-state index in [0.717, 1.165) is 51.4 Å². The first-order valence-corrected chi connectivity index (χ1v) is 15.1. The van der Waals surface area contributed by atoms with Gasteiger partial charge in [0.25, 0.3) is 6.47 Å². The molecule has 0 aromatic carbocycles. The maximum atomic E-state index is 12.2. The van der Waals surface area contributed by atoms with Crippen LogP contribution in [-0.2, 0) is 28.2 Å². The number of esters is 1. The van der Waals surface area contributed by atoms with Crippen molar-refractivity contribution >= 4 is 20.3 Å². The fourth-order valence-corrected chi connectivity index (χ4v) is 4.13. The number of hydrogen-bond acceptors (Lipinski definition) is 7. The summed E-state index contributed by atoms with van der Waals surface area (Å²) in [4.78, 5) is 40.2. The van der Waals surface area contributed by atoms with Gasteiger partial charge in [0, 0.05) is 13.0 Å². The lowest BCUT2D eigenvalue weighted by atomic mass is 10.1. The molecule has 0 aromatic heterocycles. The van der Waals surface area contributed by atoms with E-state index < -0.39 is 13.9 Å². The van der Waals surface area contributed by atoms with Gasteiger partial charge in [-0.2, -0.15) is 0 Å². The summed E-state index contributed by atoms with van der Waals surface area (Å²) in [5.41, 5.74) is 0. The molecular weight excluding hydrogens is 473 g/mol. The van der Waals surface area contributed by atoms with Crippen molar-refractivity contribution < 1.29 is 37.9 Å². The molecule has 1 atom stereocenters. The molecule has 0 heterocycles. The quantitative estimate of drug-likeness (QED) is 0.0559. The van der Waals surface area contributed by atoms with Crippen LogP contribution in [0.2, 0.25) is 0 Å². The molecule has 0 amide bonds. The minimum atomic E-state index is -4.63. The van der Waals surface area contributed by atoms with E-state index >= 15 is 0 Å². The van der Waals surface area contributed by atoms with Gasteiger partial charge in [-0.1, -0.05) is 90.4 Å². The Balaban J connectivity index is 3.92. The van der Waals surface area contributed by atoms with Crippen LogP contribution in [-0.4, -0.2) is 54.6 Å². The zero-order chi connectivity index (χ0) is 26.0. The summed E-state index contributed by atoms with van der Waals surface area (Å²) in [7, 11) is -4.63. The van der Waals surface area contributed by atoms with E-state index in [4.69, 9.17) is 14.5 Å². The molecule has 35 heavy (non-hydrogen) atoms. The van der Waals surface area contributed by atoms with Crippen molar-refractivity contribution in [3.63, 3.8) is 0 Å². The summed E-state index contributed by atoms with van der Waals surface area (Å²) in [5, 5.41) is 3.17. The Hall–Kier alpha value is -0.990. The second kappa shape index (κ2) is 24.7. The number of carbonyl (C=O) groups excluding carboxylic acids is 2. The van der Waals surface area contributed by atoms with Crippen LogP contribution in [0.5, 0.6) is 0 Å². The highest BCUT2D eigenvalue weighted by Crippen LogP contribution is 2.35. The minimum absolute atomic E-state index is 0.275. The lowest BCUT2D eigenvalue weighted by molar-refractivity contribution is -0.150. The Morgan fingerprint density at radius 3 is 1.97 bits per heavy atom. The first-order valence-electron chi connectivity index (χ1n) is 13.5. The Morgan fingerprint density at radius 1 is 0.857 bits per heavy atom. The molecule has 0 spiro atoms. The molecule has 0 radical (unpaired) electrons. The summed E-state index contributed by atoms with van der Waals surface area (Å²) in [5.74, 6) is -0.362.